The fourth-order valence-electron chi connectivity index (χ4n) is 0.938. The first-order chi connectivity index (χ1) is 6.50. The van der Waals surface area contributed by atoms with E-state index < -0.39 is 7.12 Å². The van der Waals surface area contributed by atoms with Crippen molar-refractivity contribution in [2.75, 3.05) is 0 Å². The number of halogens is 1. The fourth-order valence-corrected chi connectivity index (χ4v) is 1.14. The van der Waals surface area contributed by atoms with Crippen LogP contribution < -0.4 is 10.2 Å². The summed E-state index contributed by atoms with van der Waals surface area (Å²) in [5.74, 6) is 0.326. The van der Waals surface area contributed by atoms with Crippen LogP contribution in [0.2, 0.25) is 5.02 Å². The predicted molar refractivity (Wildman–Crippen MR) is 54.8 cm³/mol. The summed E-state index contributed by atoms with van der Waals surface area (Å²) < 4.78 is 5.27. The molecule has 0 aliphatic heterocycles. The molecule has 0 aromatic carbocycles. The third-order valence-corrected chi connectivity index (χ3v) is 1.81. The molecule has 0 saturated heterocycles. The highest BCUT2D eigenvalue weighted by atomic mass is 35.5. The summed E-state index contributed by atoms with van der Waals surface area (Å²) in [7, 11) is -1.61. The molecule has 0 radical (unpaired) electrons. The number of ether oxygens (including phenoxy) is 1. The van der Waals surface area contributed by atoms with E-state index in [4.69, 9.17) is 26.4 Å². The minimum Gasteiger partial charge on any atom is -0.475 e. The average Bonchev–Trinajstić information content (AvgIpc) is 2.07. The van der Waals surface area contributed by atoms with Crippen molar-refractivity contribution >= 4 is 24.2 Å². The molecule has 0 aliphatic carbocycles. The first-order valence-electron chi connectivity index (χ1n) is 4.19. The number of nitrogens with zero attached hydrogens (tertiary/aromatic N) is 1. The quantitative estimate of drug-likeness (QED) is 0.707. The fraction of sp³-hybridized carbons (Fsp3) is 0.375. The van der Waals surface area contributed by atoms with Gasteiger partial charge >= 0.3 is 7.12 Å². The van der Waals surface area contributed by atoms with Crippen LogP contribution in [0.4, 0.5) is 0 Å². The third-order valence-electron chi connectivity index (χ3n) is 1.49. The highest BCUT2D eigenvalue weighted by Crippen LogP contribution is 2.11. The molecule has 2 N–H and O–H groups in total. The number of pyridine rings is 1. The van der Waals surface area contributed by atoms with Crippen LogP contribution in [0.25, 0.3) is 0 Å². The third kappa shape index (κ3) is 2.87. The lowest BCUT2D eigenvalue weighted by molar-refractivity contribution is 0.233. The Bertz CT molecular complexity index is 319. The molecule has 0 bridgehead atoms. The van der Waals surface area contributed by atoms with E-state index in [2.05, 4.69) is 4.98 Å². The van der Waals surface area contributed by atoms with Crippen LogP contribution in [0.1, 0.15) is 13.8 Å². The van der Waals surface area contributed by atoms with E-state index in [0.29, 0.717) is 5.88 Å². The van der Waals surface area contributed by atoms with Gasteiger partial charge in [-0.2, -0.15) is 0 Å². The lowest BCUT2D eigenvalue weighted by atomic mass is 9.81. The van der Waals surface area contributed by atoms with Gasteiger partial charge in [-0.1, -0.05) is 11.6 Å². The van der Waals surface area contributed by atoms with Crippen molar-refractivity contribution in [3.05, 3.63) is 17.3 Å². The molecular formula is C8H11BClNO3. The highest BCUT2D eigenvalue weighted by Gasteiger charge is 2.17. The molecule has 0 spiro atoms. The lowest BCUT2D eigenvalue weighted by Gasteiger charge is -2.10. The molecule has 4 nitrogen and oxygen atoms in total. The van der Waals surface area contributed by atoms with Crippen molar-refractivity contribution in [2.24, 2.45) is 0 Å². The molecule has 0 fully saturated rings. The first-order valence-corrected chi connectivity index (χ1v) is 4.56. The van der Waals surface area contributed by atoms with Crippen LogP contribution in [-0.4, -0.2) is 28.3 Å². The van der Waals surface area contributed by atoms with E-state index in [1.54, 1.807) is 0 Å². The molecule has 14 heavy (non-hydrogen) atoms. The van der Waals surface area contributed by atoms with Gasteiger partial charge in [0, 0.05) is 17.7 Å². The molecule has 1 heterocycles. The Balaban J connectivity index is 2.94. The topological polar surface area (TPSA) is 62.6 Å². The van der Waals surface area contributed by atoms with Crippen molar-refractivity contribution in [1.82, 2.24) is 4.98 Å². The number of aromatic nitrogens is 1. The van der Waals surface area contributed by atoms with E-state index in [1.165, 1.54) is 12.3 Å². The SMILES string of the molecule is CC(C)Oc1cc(B(O)O)c(Cl)cn1. The van der Waals surface area contributed by atoms with Crippen molar-refractivity contribution < 1.29 is 14.8 Å². The minimum absolute atomic E-state index is 0.0210. The maximum absolute atomic E-state index is 8.95. The van der Waals surface area contributed by atoms with Gasteiger partial charge < -0.3 is 14.8 Å². The van der Waals surface area contributed by atoms with E-state index in [1.807, 2.05) is 13.8 Å². The molecule has 6 heteroatoms. The average molecular weight is 215 g/mol. The Morgan fingerprint density at radius 1 is 1.50 bits per heavy atom. The van der Waals surface area contributed by atoms with E-state index in [0.717, 1.165) is 0 Å². The Hall–Kier alpha value is -0.775. The molecule has 1 aromatic rings. The largest absolute Gasteiger partial charge is 0.490 e. The molecule has 1 rings (SSSR count). The van der Waals surface area contributed by atoms with Crippen LogP contribution in [0.5, 0.6) is 5.88 Å². The maximum atomic E-state index is 8.95. The van der Waals surface area contributed by atoms with Gasteiger partial charge in [-0.15, -0.1) is 0 Å². The standard InChI is InChI=1S/C8H11BClNO3/c1-5(2)14-8-3-6(9(12)13)7(10)4-11-8/h3-5,12-13H,1-2H3. The zero-order chi connectivity index (χ0) is 10.7. The number of rotatable bonds is 3. The molecular weight excluding hydrogens is 204 g/mol. The molecule has 1 aromatic heterocycles. The summed E-state index contributed by atoms with van der Waals surface area (Å²) in [6, 6.07) is 1.41. The van der Waals surface area contributed by atoms with E-state index in [9.17, 15) is 0 Å². The summed E-state index contributed by atoms with van der Waals surface area (Å²) in [5.41, 5.74) is 0.192. The minimum atomic E-state index is -1.61. The summed E-state index contributed by atoms with van der Waals surface area (Å²) in [5, 5.41) is 18.1. The van der Waals surface area contributed by atoms with E-state index >= 15 is 0 Å². The number of hydrogen-bond acceptors (Lipinski definition) is 4. The van der Waals surface area contributed by atoms with Gasteiger partial charge in [-0.05, 0) is 13.8 Å². The summed E-state index contributed by atoms with van der Waals surface area (Å²) in [6.07, 6.45) is 1.31. The van der Waals surface area contributed by atoms with Gasteiger partial charge in [0.25, 0.3) is 0 Å². The Morgan fingerprint density at radius 3 is 2.64 bits per heavy atom. The van der Waals surface area contributed by atoms with Gasteiger partial charge in [0.15, 0.2) is 0 Å². The van der Waals surface area contributed by atoms with E-state index in [-0.39, 0.29) is 16.6 Å². The molecule has 0 saturated carbocycles. The smallest absolute Gasteiger partial charge is 0.475 e. The van der Waals surface area contributed by atoms with Gasteiger partial charge in [-0.3, -0.25) is 0 Å². The van der Waals surface area contributed by atoms with Crippen LogP contribution >= 0.6 is 11.6 Å². The van der Waals surface area contributed by atoms with Crippen molar-refractivity contribution in [3.63, 3.8) is 0 Å². The second-order valence-electron chi connectivity index (χ2n) is 3.08. The normalized spacial score (nSPS) is 10.4. The van der Waals surface area contributed by atoms with Gasteiger partial charge in [0.2, 0.25) is 5.88 Å². The van der Waals surface area contributed by atoms with Crippen molar-refractivity contribution in [1.29, 1.82) is 0 Å². The Labute approximate surface area is 87.6 Å². The number of hydrogen-bond donors (Lipinski definition) is 2. The molecule has 76 valence electrons. The van der Waals surface area contributed by atoms with Gasteiger partial charge in [-0.25, -0.2) is 4.98 Å². The molecule has 0 aliphatic rings. The molecule has 0 atom stereocenters. The van der Waals surface area contributed by atoms with Crippen molar-refractivity contribution in [2.45, 2.75) is 20.0 Å². The second-order valence-corrected chi connectivity index (χ2v) is 3.49. The summed E-state index contributed by atoms with van der Waals surface area (Å²) in [6.45, 7) is 3.71. The summed E-state index contributed by atoms with van der Waals surface area (Å²) in [4.78, 5) is 3.89. The molecule has 0 unspecified atom stereocenters. The van der Waals surface area contributed by atoms with Crippen LogP contribution in [0.3, 0.4) is 0 Å². The maximum Gasteiger partial charge on any atom is 0.490 e. The van der Waals surface area contributed by atoms with Gasteiger partial charge in [0.1, 0.15) is 0 Å². The van der Waals surface area contributed by atoms with Crippen LogP contribution in [0, 0.1) is 0 Å². The lowest BCUT2D eigenvalue weighted by Crippen LogP contribution is -2.31. The first kappa shape index (κ1) is 11.3. The Kier molecular flexibility index (Phi) is 3.74. The van der Waals surface area contributed by atoms with Crippen molar-refractivity contribution in [3.8, 4) is 5.88 Å². The van der Waals surface area contributed by atoms with Crippen LogP contribution in [-0.2, 0) is 0 Å². The highest BCUT2D eigenvalue weighted by molar-refractivity contribution is 6.62. The monoisotopic (exact) mass is 215 g/mol. The Morgan fingerprint density at radius 2 is 2.14 bits per heavy atom. The predicted octanol–water partition coefficient (Wildman–Crippen LogP) is 0.202. The zero-order valence-electron chi connectivity index (χ0n) is 7.94. The summed E-state index contributed by atoms with van der Waals surface area (Å²) >= 11 is 5.69. The second kappa shape index (κ2) is 4.64. The molecule has 0 amide bonds. The van der Waals surface area contributed by atoms with Gasteiger partial charge in [0.05, 0.1) is 11.1 Å². The van der Waals surface area contributed by atoms with Crippen LogP contribution in [0.15, 0.2) is 12.3 Å². The zero-order valence-corrected chi connectivity index (χ0v) is 8.69.